The fraction of sp³-hybridized carbons (Fsp3) is 0.600. The van der Waals surface area contributed by atoms with Crippen molar-refractivity contribution >= 4 is 29.0 Å². The lowest BCUT2D eigenvalue weighted by Gasteiger charge is -2.08. The van der Waals surface area contributed by atoms with Crippen LogP contribution in [0.3, 0.4) is 0 Å². The van der Waals surface area contributed by atoms with E-state index < -0.39 is 0 Å². The van der Waals surface area contributed by atoms with Gasteiger partial charge in [-0.15, -0.1) is 11.3 Å². The van der Waals surface area contributed by atoms with Crippen LogP contribution in [0.2, 0.25) is 0 Å². The van der Waals surface area contributed by atoms with E-state index in [-0.39, 0.29) is 5.91 Å². The molecule has 15 heavy (non-hydrogen) atoms. The topological polar surface area (TPSA) is 33.2 Å². The van der Waals surface area contributed by atoms with Gasteiger partial charge in [-0.25, -0.2) is 4.98 Å². The van der Waals surface area contributed by atoms with Crippen LogP contribution in [0.25, 0.3) is 0 Å². The molecule has 0 radical (unpaired) electrons. The van der Waals surface area contributed by atoms with Crippen molar-refractivity contribution in [3.63, 3.8) is 0 Å². The van der Waals surface area contributed by atoms with Gasteiger partial charge in [-0.3, -0.25) is 4.79 Å². The van der Waals surface area contributed by atoms with Crippen molar-refractivity contribution in [1.82, 2.24) is 9.88 Å². The van der Waals surface area contributed by atoms with E-state index in [2.05, 4.69) is 10.4 Å². The number of aryl methyl sites for hydroxylation is 1. The molecular formula is C10H16N2OS2. The van der Waals surface area contributed by atoms with Crippen molar-refractivity contribution in [3.05, 3.63) is 16.1 Å². The Morgan fingerprint density at radius 1 is 1.60 bits per heavy atom. The van der Waals surface area contributed by atoms with E-state index in [4.69, 9.17) is 0 Å². The third kappa shape index (κ3) is 4.66. The van der Waals surface area contributed by atoms with Gasteiger partial charge in [0.15, 0.2) is 0 Å². The molecule has 0 aromatic carbocycles. The third-order valence-corrected chi connectivity index (χ3v) is 3.69. The summed E-state index contributed by atoms with van der Waals surface area (Å²) in [6, 6.07) is 0. The summed E-state index contributed by atoms with van der Waals surface area (Å²) < 4.78 is 0. The van der Waals surface area contributed by atoms with Crippen molar-refractivity contribution < 1.29 is 4.79 Å². The van der Waals surface area contributed by atoms with Crippen LogP contribution in [-0.4, -0.2) is 35.6 Å². The Morgan fingerprint density at radius 3 is 2.87 bits per heavy atom. The molecule has 0 bridgehead atoms. The minimum Gasteiger partial charge on any atom is -0.349 e. The normalized spacial score (nSPS) is 10.3. The van der Waals surface area contributed by atoms with Gasteiger partial charge < -0.3 is 4.90 Å². The number of thiazole rings is 1. The third-order valence-electron chi connectivity index (χ3n) is 1.88. The fourth-order valence-electron chi connectivity index (χ4n) is 1.03. The first-order valence-electron chi connectivity index (χ1n) is 4.78. The van der Waals surface area contributed by atoms with Crippen LogP contribution in [0, 0.1) is 6.92 Å². The summed E-state index contributed by atoms with van der Waals surface area (Å²) in [5.74, 6) is 1.97. The van der Waals surface area contributed by atoms with E-state index in [1.165, 1.54) is 0 Å². The van der Waals surface area contributed by atoms with Crippen molar-refractivity contribution in [2.75, 3.05) is 19.8 Å². The number of hydrogen-bond acceptors (Lipinski definition) is 4. The first kappa shape index (κ1) is 12.5. The monoisotopic (exact) mass is 244 g/mol. The molecule has 84 valence electrons. The summed E-state index contributed by atoms with van der Waals surface area (Å²) in [7, 11) is 3.58. The van der Waals surface area contributed by atoms with Crippen molar-refractivity contribution in [3.8, 4) is 0 Å². The maximum atomic E-state index is 11.3. The quantitative estimate of drug-likeness (QED) is 0.744. The molecule has 1 rings (SSSR count). The Hall–Kier alpha value is -0.550. The SMILES string of the molecule is Cc1nc(CSCCC(=O)N(C)C)cs1. The molecule has 3 nitrogen and oxygen atoms in total. The Bertz CT molecular complexity index is 323. The number of carbonyl (C=O) groups is 1. The summed E-state index contributed by atoms with van der Waals surface area (Å²) in [5, 5.41) is 3.19. The van der Waals surface area contributed by atoms with Crippen LogP contribution >= 0.6 is 23.1 Å². The Kier molecular flexibility index (Phi) is 5.11. The van der Waals surface area contributed by atoms with Crippen LogP contribution in [0.15, 0.2) is 5.38 Å². The summed E-state index contributed by atoms with van der Waals surface area (Å²) in [6.07, 6.45) is 0.612. The molecule has 5 heteroatoms. The first-order chi connectivity index (χ1) is 7.09. The molecule has 1 heterocycles. The number of carbonyl (C=O) groups excluding carboxylic acids is 1. The number of nitrogens with zero attached hydrogens (tertiary/aromatic N) is 2. The summed E-state index contributed by atoms with van der Waals surface area (Å²) in [4.78, 5) is 17.3. The van der Waals surface area contributed by atoms with E-state index >= 15 is 0 Å². The number of amides is 1. The second-order valence-electron chi connectivity index (χ2n) is 3.45. The predicted octanol–water partition coefficient (Wildman–Crippen LogP) is 2.16. The number of rotatable bonds is 5. The van der Waals surface area contributed by atoms with Gasteiger partial charge in [-0.1, -0.05) is 0 Å². The van der Waals surface area contributed by atoms with E-state index in [0.29, 0.717) is 6.42 Å². The maximum absolute atomic E-state index is 11.3. The molecule has 0 saturated heterocycles. The van der Waals surface area contributed by atoms with E-state index in [0.717, 1.165) is 22.2 Å². The van der Waals surface area contributed by atoms with Crippen LogP contribution < -0.4 is 0 Å². The zero-order valence-corrected chi connectivity index (χ0v) is 11.0. The lowest BCUT2D eigenvalue weighted by atomic mass is 10.4. The molecule has 1 aromatic rings. The predicted molar refractivity (Wildman–Crippen MR) is 66.3 cm³/mol. The molecule has 1 aromatic heterocycles. The van der Waals surface area contributed by atoms with Gasteiger partial charge in [-0.2, -0.15) is 11.8 Å². The molecule has 0 atom stereocenters. The maximum Gasteiger partial charge on any atom is 0.222 e. The average Bonchev–Trinajstić information content (AvgIpc) is 2.58. The summed E-state index contributed by atoms with van der Waals surface area (Å²) >= 11 is 3.44. The molecule has 0 fully saturated rings. The van der Waals surface area contributed by atoms with Gasteiger partial charge in [0, 0.05) is 37.4 Å². The zero-order chi connectivity index (χ0) is 11.3. The molecule has 0 aliphatic carbocycles. The highest BCUT2D eigenvalue weighted by Gasteiger charge is 2.04. The zero-order valence-electron chi connectivity index (χ0n) is 9.32. The molecular weight excluding hydrogens is 228 g/mol. The lowest BCUT2D eigenvalue weighted by molar-refractivity contribution is -0.128. The van der Waals surface area contributed by atoms with Crippen LogP contribution in [0.1, 0.15) is 17.1 Å². The summed E-state index contributed by atoms with van der Waals surface area (Å²) in [5.41, 5.74) is 1.12. The summed E-state index contributed by atoms with van der Waals surface area (Å²) in [6.45, 7) is 2.01. The minimum absolute atomic E-state index is 0.192. The average molecular weight is 244 g/mol. The highest BCUT2D eigenvalue weighted by Crippen LogP contribution is 2.15. The Morgan fingerprint density at radius 2 is 2.33 bits per heavy atom. The van der Waals surface area contributed by atoms with E-state index in [1.807, 2.05) is 6.92 Å². The minimum atomic E-state index is 0.192. The molecule has 0 unspecified atom stereocenters. The second-order valence-corrected chi connectivity index (χ2v) is 5.62. The fourth-order valence-corrected chi connectivity index (χ4v) is 2.57. The molecule has 1 amide bonds. The Balaban J connectivity index is 2.15. The van der Waals surface area contributed by atoms with Gasteiger partial charge >= 0.3 is 0 Å². The smallest absolute Gasteiger partial charge is 0.222 e. The standard InChI is InChI=1S/C10H16N2OS2/c1-8-11-9(7-15-8)6-14-5-4-10(13)12(2)3/h7H,4-6H2,1-3H3. The van der Waals surface area contributed by atoms with Gasteiger partial charge in [0.1, 0.15) is 0 Å². The molecule has 0 saturated carbocycles. The lowest BCUT2D eigenvalue weighted by Crippen LogP contribution is -2.21. The highest BCUT2D eigenvalue weighted by atomic mass is 32.2. The van der Waals surface area contributed by atoms with Crippen LogP contribution in [-0.2, 0) is 10.5 Å². The van der Waals surface area contributed by atoms with E-state index in [1.54, 1.807) is 42.1 Å². The first-order valence-corrected chi connectivity index (χ1v) is 6.82. The highest BCUT2D eigenvalue weighted by molar-refractivity contribution is 7.98. The molecule has 0 spiro atoms. The molecule has 0 N–H and O–H groups in total. The number of thioether (sulfide) groups is 1. The van der Waals surface area contributed by atoms with Crippen LogP contribution in [0.4, 0.5) is 0 Å². The molecule has 0 aliphatic heterocycles. The van der Waals surface area contributed by atoms with Gasteiger partial charge in [0.2, 0.25) is 5.91 Å². The largest absolute Gasteiger partial charge is 0.349 e. The van der Waals surface area contributed by atoms with Gasteiger partial charge in [0.25, 0.3) is 0 Å². The molecule has 0 aliphatic rings. The van der Waals surface area contributed by atoms with Crippen LogP contribution in [0.5, 0.6) is 0 Å². The van der Waals surface area contributed by atoms with Crippen molar-refractivity contribution in [2.45, 2.75) is 19.1 Å². The second kappa shape index (κ2) is 6.12. The number of hydrogen-bond donors (Lipinski definition) is 0. The van der Waals surface area contributed by atoms with Gasteiger partial charge in [0.05, 0.1) is 10.7 Å². The van der Waals surface area contributed by atoms with Crippen molar-refractivity contribution in [2.24, 2.45) is 0 Å². The number of aromatic nitrogens is 1. The van der Waals surface area contributed by atoms with E-state index in [9.17, 15) is 4.79 Å². The Labute approximate surface area is 98.9 Å². The van der Waals surface area contributed by atoms with Crippen molar-refractivity contribution in [1.29, 1.82) is 0 Å². The van der Waals surface area contributed by atoms with Gasteiger partial charge in [-0.05, 0) is 6.92 Å².